The van der Waals surface area contributed by atoms with Crippen LogP contribution in [-0.4, -0.2) is 34.1 Å². The first-order chi connectivity index (χ1) is 11.5. The smallest absolute Gasteiger partial charge is 0.333 e. The molecule has 2 aromatic rings. The molecule has 0 saturated carbocycles. The van der Waals surface area contributed by atoms with Crippen LogP contribution in [0.1, 0.15) is 35.3 Å². The van der Waals surface area contributed by atoms with Crippen LogP contribution in [0.3, 0.4) is 0 Å². The van der Waals surface area contributed by atoms with E-state index in [1.807, 2.05) is 37.3 Å². The van der Waals surface area contributed by atoms with Gasteiger partial charge < -0.3 is 9.64 Å². The van der Waals surface area contributed by atoms with Crippen LogP contribution in [0.2, 0.25) is 0 Å². The van der Waals surface area contributed by atoms with Gasteiger partial charge in [0, 0.05) is 11.1 Å². The number of carbonyl (C=O) groups is 2. The third kappa shape index (κ3) is 2.82. The van der Waals surface area contributed by atoms with Crippen molar-refractivity contribution in [3.05, 3.63) is 58.4 Å². The zero-order chi connectivity index (χ0) is 17.3. The van der Waals surface area contributed by atoms with Crippen LogP contribution in [0.15, 0.2) is 36.0 Å². The van der Waals surface area contributed by atoms with Gasteiger partial charge in [-0.3, -0.25) is 9.89 Å². The summed E-state index contributed by atoms with van der Waals surface area (Å²) in [5.74, 6) is -0.665. The van der Waals surface area contributed by atoms with Gasteiger partial charge in [0.1, 0.15) is 0 Å². The minimum absolute atomic E-state index is 0.199. The van der Waals surface area contributed by atoms with E-state index in [1.54, 1.807) is 13.1 Å². The van der Waals surface area contributed by atoms with E-state index >= 15 is 0 Å². The second kappa shape index (κ2) is 6.31. The third-order valence-electron chi connectivity index (χ3n) is 4.17. The number of amides is 1. The molecule has 2 heterocycles. The zero-order valence-corrected chi connectivity index (χ0v) is 13.9. The summed E-state index contributed by atoms with van der Waals surface area (Å²) in [6, 6.07) is 7.15. The van der Waals surface area contributed by atoms with Gasteiger partial charge in [0.2, 0.25) is 0 Å². The highest BCUT2D eigenvalue weighted by Crippen LogP contribution is 2.34. The van der Waals surface area contributed by atoms with Crippen LogP contribution in [0.4, 0.5) is 0 Å². The summed E-state index contributed by atoms with van der Waals surface area (Å²) in [4.78, 5) is 26.5. The number of H-pyrrole nitrogens is 1. The molecule has 0 aliphatic carbocycles. The van der Waals surface area contributed by atoms with E-state index in [0.29, 0.717) is 17.7 Å². The van der Waals surface area contributed by atoms with Gasteiger partial charge in [-0.25, -0.2) is 4.79 Å². The molecule has 1 aromatic heterocycles. The quantitative estimate of drug-likeness (QED) is 0.694. The van der Waals surface area contributed by atoms with E-state index in [0.717, 1.165) is 16.8 Å². The zero-order valence-electron chi connectivity index (χ0n) is 13.9. The average Bonchev–Trinajstić information content (AvgIpc) is 3.16. The predicted molar refractivity (Wildman–Crippen MR) is 88.7 cm³/mol. The number of aromatic nitrogens is 2. The molecular formula is C18H19N3O3. The maximum atomic E-state index is 12.8. The molecule has 3 rings (SSSR count). The standard InChI is InChI=1S/C18H19N3O3/c1-11-4-6-13(7-5-11)8-12(2)17(22)21-10-15-14(9-19-20-15)16(21)18(23)24-3/h4-9,16H,10H2,1-3H3,(H,19,20)/b12-8+. The molecule has 124 valence electrons. The minimum Gasteiger partial charge on any atom is -0.467 e. The first kappa shape index (κ1) is 16.0. The minimum atomic E-state index is -0.752. The molecule has 0 saturated heterocycles. The van der Waals surface area contributed by atoms with E-state index in [1.165, 1.54) is 12.0 Å². The number of rotatable bonds is 3. The SMILES string of the molecule is COC(=O)C1c2cn[nH]c2CN1C(=O)/C(C)=C/c1ccc(C)cc1. The number of nitrogens with zero attached hydrogens (tertiary/aromatic N) is 2. The van der Waals surface area contributed by atoms with Crippen molar-refractivity contribution in [2.75, 3.05) is 7.11 Å². The number of esters is 1. The first-order valence-electron chi connectivity index (χ1n) is 7.67. The van der Waals surface area contributed by atoms with Crippen molar-refractivity contribution in [1.29, 1.82) is 0 Å². The molecule has 1 atom stereocenters. The fourth-order valence-corrected chi connectivity index (χ4v) is 2.87. The molecule has 1 aliphatic heterocycles. The number of carbonyl (C=O) groups excluding carboxylic acids is 2. The summed E-state index contributed by atoms with van der Waals surface area (Å²) in [6.45, 7) is 4.08. The number of hydrogen-bond donors (Lipinski definition) is 1. The number of methoxy groups -OCH3 is 1. The molecule has 0 spiro atoms. The van der Waals surface area contributed by atoms with Crippen LogP contribution >= 0.6 is 0 Å². The molecule has 6 heteroatoms. The Hall–Kier alpha value is -2.89. The summed E-state index contributed by atoms with van der Waals surface area (Å²) in [5, 5.41) is 6.78. The number of hydrogen-bond acceptors (Lipinski definition) is 4. The van der Waals surface area contributed by atoms with Crippen LogP contribution in [-0.2, 0) is 20.9 Å². The number of ether oxygens (including phenoxy) is 1. The van der Waals surface area contributed by atoms with Crippen molar-refractivity contribution in [3.8, 4) is 0 Å². The van der Waals surface area contributed by atoms with Gasteiger partial charge in [0.25, 0.3) is 5.91 Å². The van der Waals surface area contributed by atoms with E-state index in [-0.39, 0.29) is 5.91 Å². The Balaban J connectivity index is 1.87. The molecule has 6 nitrogen and oxygen atoms in total. The van der Waals surface area contributed by atoms with E-state index in [2.05, 4.69) is 10.2 Å². The molecule has 0 radical (unpaired) electrons. The Kier molecular flexibility index (Phi) is 4.20. The summed E-state index contributed by atoms with van der Waals surface area (Å²) in [6.07, 6.45) is 3.39. The summed E-state index contributed by atoms with van der Waals surface area (Å²) in [7, 11) is 1.32. The molecule has 1 amide bonds. The summed E-state index contributed by atoms with van der Waals surface area (Å²) >= 11 is 0. The Morgan fingerprint density at radius 2 is 2.04 bits per heavy atom. The number of aryl methyl sites for hydroxylation is 1. The number of nitrogens with one attached hydrogen (secondary N) is 1. The van der Waals surface area contributed by atoms with E-state index < -0.39 is 12.0 Å². The molecule has 24 heavy (non-hydrogen) atoms. The van der Waals surface area contributed by atoms with Gasteiger partial charge in [-0.15, -0.1) is 0 Å². The number of benzene rings is 1. The van der Waals surface area contributed by atoms with Gasteiger partial charge in [0.15, 0.2) is 6.04 Å². The molecule has 1 unspecified atom stereocenters. The van der Waals surface area contributed by atoms with Crippen molar-refractivity contribution in [1.82, 2.24) is 15.1 Å². The maximum Gasteiger partial charge on any atom is 0.333 e. The van der Waals surface area contributed by atoms with Crippen LogP contribution < -0.4 is 0 Å². The normalized spacial score (nSPS) is 16.9. The van der Waals surface area contributed by atoms with Crippen molar-refractivity contribution >= 4 is 18.0 Å². The molecule has 1 aromatic carbocycles. The average molecular weight is 325 g/mol. The Morgan fingerprint density at radius 3 is 2.71 bits per heavy atom. The topological polar surface area (TPSA) is 75.3 Å². The second-order valence-electron chi connectivity index (χ2n) is 5.90. The van der Waals surface area contributed by atoms with Crippen molar-refractivity contribution in [2.24, 2.45) is 0 Å². The Morgan fingerprint density at radius 1 is 1.33 bits per heavy atom. The first-order valence-corrected chi connectivity index (χ1v) is 7.67. The maximum absolute atomic E-state index is 12.8. The second-order valence-corrected chi connectivity index (χ2v) is 5.90. The van der Waals surface area contributed by atoms with Gasteiger partial charge in [-0.1, -0.05) is 29.8 Å². The van der Waals surface area contributed by atoms with Crippen LogP contribution in [0.5, 0.6) is 0 Å². The predicted octanol–water partition coefficient (Wildman–Crippen LogP) is 2.38. The fraction of sp³-hybridized carbons (Fsp3) is 0.278. The van der Waals surface area contributed by atoms with Gasteiger partial charge in [0.05, 0.1) is 25.5 Å². The van der Waals surface area contributed by atoms with Gasteiger partial charge in [-0.2, -0.15) is 5.10 Å². The Bertz CT molecular complexity index is 805. The lowest BCUT2D eigenvalue weighted by molar-refractivity contribution is -0.151. The molecule has 1 N–H and O–H groups in total. The van der Waals surface area contributed by atoms with E-state index in [4.69, 9.17) is 4.74 Å². The fourth-order valence-electron chi connectivity index (χ4n) is 2.87. The summed E-state index contributed by atoms with van der Waals surface area (Å²) < 4.78 is 4.86. The number of aromatic amines is 1. The molecule has 1 aliphatic rings. The highest BCUT2D eigenvalue weighted by molar-refractivity contribution is 6.00. The lowest BCUT2D eigenvalue weighted by atomic mass is 10.1. The lowest BCUT2D eigenvalue weighted by Crippen LogP contribution is -2.35. The van der Waals surface area contributed by atoms with Crippen molar-refractivity contribution in [2.45, 2.75) is 26.4 Å². The van der Waals surface area contributed by atoms with Crippen molar-refractivity contribution in [3.63, 3.8) is 0 Å². The highest BCUT2D eigenvalue weighted by Gasteiger charge is 2.40. The van der Waals surface area contributed by atoms with Crippen LogP contribution in [0, 0.1) is 6.92 Å². The highest BCUT2D eigenvalue weighted by atomic mass is 16.5. The van der Waals surface area contributed by atoms with Gasteiger partial charge >= 0.3 is 5.97 Å². The summed E-state index contributed by atoms with van der Waals surface area (Å²) in [5.41, 5.74) is 4.12. The molecular weight excluding hydrogens is 306 g/mol. The van der Waals surface area contributed by atoms with Gasteiger partial charge in [-0.05, 0) is 25.5 Å². The molecule has 0 bridgehead atoms. The lowest BCUT2D eigenvalue weighted by Gasteiger charge is -2.23. The van der Waals surface area contributed by atoms with Crippen molar-refractivity contribution < 1.29 is 14.3 Å². The van der Waals surface area contributed by atoms with E-state index in [9.17, 15) is 9.59 Å². The third-order valence-corrected chi connectivity index (χ3v) is 4.17. The number of fused-ring (bicyclic) bond motifs is 1. The Labute approximate surface area is 140 Å². The van der Waals surface area contributed by atoms with Crippen LogP contribution in [0.25, 0.3) is 6.08 Å². The largest absolute Gasteiger partial charge is 0.467 e. The monoisotopic (exact) mass is 325 g/mol. The molecule has 0 fully saturated rings.